The van der Waals surface area contributed by atoms with E-state index in [1.807, 2.05) is 22.6 Å². The highest BCUT2D eigenvalue weighted by molar-refractivity contribution is 6.30. The van der Waals surface area contributed by atoms with Gasteiger partial charge in [-0.1, -0.05) is 11.6 Å². The molecule has 144 valence electrons. The Balaban J connectivity index is 1.32. The Morgan fingerprint density at radius 1 is 1.26 bits per heavy atom. The predicted molar refractivity (Wildman–Crippen MR) is 101 cm³/mol. The maximum atomic E-state index is 13.9. The molecule has 6 nitrogen and oxygen atoms in total. The van der Waals surface area contributed by atoms with Crippen molar-refractivity contribution in [3.63, 3.8) is 0 Å². The minimum absolute atomic E-state index is 0.0432. The maximum absolute atomic E-state index is 13.9. The summed E-state index contributed by atoms with van der Waals surface area (Å²) in [5, 5.41) is 7.88. The fourth-order valence-electron chi connectivity index (χ4n) is 4.06. The maximum Gasteiger partial charge on any atom is 0.226 e. The van der Waals surface area contributed by atoms with Crippen molar-refractivity contribution in [2.45, 2.75) is 51.7 Å². The molecule has 0 saturated heterocycles. The van der Waals surface area contributed by atoms with Gasteiger partial charge in [-0.2, -0.15) is 5.10 Å². The Labute approximate surface area is 162 Å². The van der Waals surface area contributed by atoms with Gasteiger partial charge in [0.15, 0.2) is 11.6 Å². The lowest BCUT2D eigenvalue weighted by atomic mass is 9.85. The Hall–Kier alpha value is -2.15. The minimum Gasteiger partial charge on any atom is -0.365 e. The molecule has 1 aliphatic carbocycles. The van der Waals surface area contributed by atoms with Crippen molar-refractivity contribution in [3.8, 4) is 0 Å². The number of pyridine rings is 1. The zero-order valence-electron chi connectivity index (χ0n) is 15.3. The van der Waals surface area contributed by atoms with Gasteiger partial charge in [0.05, 0.1) is 29.5 Å². The van der Waals surface area contributed by atoms with Crippen molar-refractivity contribution < 1.29 is 9.18 Å². The van der Waals surface area contributed by atoms with Crippen molar-refractivity contribution in [2.24, 2.45) is 5.92 Å². The normalized spacial score (nSPS) is 22.4. The zero-order valence-corrected chi connectivity index (χ0v) is 16.0. The highest BCUT2D eigenvalue weighted by Gasteiger charge is 2.31. The average Bonchev–Trinajstić information content (AvgIpc) is 3.03. The zero-order chi connectivity index (χ0) is 19.0. The number of nitrogens with one attached hydrogen (secondary N) is 1. The third-order valence-electron chi connectivity index (χ3n) is 5.46. The highest BCUT2D eigenvalue weighted by atomic mass is 35.5. The third kappa shape index (κ3) is 3.93. The summed E-state index contributed by atoms with van der Waals surface area (Å²) < 4.78 is 15.9. The van der Waals surface area contributed by atoms with Crippen molar-refractivity contribution >= 4 is 23.3 Å². The van der Waals surface area contributed by atoms with E-state index >= 15 is 0 Å². The monoisotopic (exact) mass is 391 g/mol. The van der Waals surface area contributed by atoms with Crippen molar-refractivity contribution in [2.75, 3.05) is 11.9 Å². The summed E-state index contributed by atoms with van der Waals surface area (Å²) in [5.74, 6) is 0.0609. The molecule has 1 fully saturated rings. The number of carbonyl (C=O) groups excluding carboxylic acids is 1. The summed E-state index contributed by atoms with van der Waals surface area (Å²) in [6.45, 7) is 4.08. The van der Waals surface area contributed by atoms with E-state index in [4.69, 9.17) is 11.6 Å². The number of halogens is 2. The van der Waals surface area contributed by atoms with Crippen molar-refractivity contribution in [3.05, 3.63) is 40.6 Å². The van der Waals surface area contributed by atoms with E-state index < -0.39 is 5.82 Å². The van der Waals surface area contributed by atoms with Crippen LogP contribution in [0, 0.1) is 18.7 Å². The van der Waals surface area contributed by atoms with Crippen LogP contribution in [0.2, 0.25) is 5.02 Å². The van der Waals surface area contributed by atoms with E-state index in [1.54, 1.807) is 0 Å². The van der Waals surface area contributed by atoms with E-state index in [-0.39, 0.29) is 28.7 Å². The molecule has 0 bridgehead atoms. The van der Waals surface area contributed by atoms with Gasteiger partial charge in [-0.3, -0.25) is 9.48 Å². The first kappa shape index (κ1) is 18.2. The van der Waals surface area contributed by atoms with Gasteiger partial charge in [-0.15, -0.1) is 0 Å². The molecule has 1 amide bonds. The first-order valence-electron chi connectivity index (χ1n) is 9.39. The van der Waals surface area contributed by atoms with Crippen LogP contribution in [0.4, 0.5) is 10.2 Å². The van der Waals surface area contributed by atoms with Crippen molar-refractivity contribution in [1.29, 1.82) is 0 Å². The molecule has 2 aliphatic rings. The Morgan fingerprint density at radius 2 is 2.04 bits per heavy atom. The number of nitrogens with zero attached hydrogens (tertiary/aromatic N) is 4. The van der Waals surface area contributed by atoms with Crippen LogP contribution in [0.15, 0.2) is 18.3 Å². The molecule has 0 spiro atoms. The average molecular weight is 392 g/mol. The Morgan fingerprint density at radius 3 is 2.78 bits per heavy atom. The van der Waals surface area contributed by atoms with Gasteiger partial charge in [-0.05, 0) is 44.7 Å². The van der Waals surface area contributed by atoms with E-state index in [0.29, 0.717) is 13.1 Å². The number of rotatable bonds is 3. The second-order valence-corrected chi connectivity index (χ2v) is 7.87. The Kier molecular flexibility index (Phi) is 5.04. The molecule has 1 saturated carbocycles. The van der Waals surface area contributed by atoms with Gasteiger partial charge in [0.25, 0.3) is 0 Å². The predicted octanol–water partition coefficient (Wildman–Crippen LogP) is 3.39. The van der Waals surface area contributed by atoms with Crippen LogP contribution in [-0.4, -0.2) is 38.2 Å². The summed E-state index contributed by atoms with van der Waals surface area (Å²) in [4.78, 5) is 18.9. The van der Waals surface area contributed by atoms with Gasteiger partial charge in [0.1, 0.15) is 0 Å². The third-order valence-corrected chi connectivity index (χ3v) is 5.66. The molecule has 3 heterocycles. The van der Waals surface area contributed by atoms with Crippen LogP contribution in [0.5, 0.6) is 0 Å². The molecule has 8 heteroatoms. The van der Waals surface area contributed by atoms with Gasteiger partial charge >= 0.3 is 0 Å². The highest BCUT2D eigenvalue weighted by Crippen LogP contribution is 2.29. The van der Waals surface area contributed by atoms with Crippen LogP contribution >= 0.6 is 11.6 Å². The lowest BCUT2D eigenvalue weighted by Crippen LogP contribution is -2.43. The smallest absolute Gasteiger partial charge is 0.226 e. The molecule has 27 heavy (non-hydrogen) atoms. The van der Waals surface area contributed by atoms with Crippen LogP contribution < -0.4 is 5.32 Å². The van der Waals surface area contributed by atoms with Crippen LogP contribution in [0.1, 0.15) is 37.1 Å². The largest absolute Gasteiger partial charge is 0.365 e. The van der Waals surface area contributed by atoms with Gasteiger partial charge in [0.2, 0.25) is 5.91 Å². The number of carbonyl (C=O) groups is 1. The fourth-order valence-corrected chi connectivity index (χ4v) is 4.20. The fraction of sp³-hybridized carbons (Fsp3) is 0.526. The molecule has 1 aliphatic heterocycles. The molecule has 1 N–H and O–H groups in total. The van der Waals surface area contributed by atoms with Crippen LogP contribution in [-0.2, 0) is 17.9 Å². The van der Waals surface area contributed by atoms with E-state index in [0.717, 1.165) is 43.6 Å². The first-order valence-corrected chi connectivity index (χ1v) is 9.77. The molecule has 0 aromatic carbocycles. The number of amides is 1. The lowest BCUT2D eigenvalue weighted by Gasteiger charge is -2.34. The summed E-state index contributed by atoms with van der Waals surface area (Å²) in [5.41, 5.74) is 2.10. The standard InChI is InChI=1S/C19H23ClFN5O/c1-12-8-16-11-25(6-7-26(16)24-12)19(27)13-2-4-15(5-3-13)23-18-17(21)9-14(20)10-22-18/h8-10,13,15H,2-7,11H2,1H3,(H,22,23). The molecular weight excluding hydrogens is 369 g/mol. The lowest BCUT2D eigenvalue weighted by molar-refractivity contribution is -0.138. The molecule has 2 aromatic heterocycles. The number of aromatic nitrogens is 3. The van der Waals surface area contributed by atoms with Gasteiger partial charge < -0.3 is 10.2 Å². The number of hydrogen-bond acceptors (Lipinski definition) is 4. The number of aryl methyl sites for hydroxylation is 1. The molecule has 4 rings (SSSR count). The van der Waals surface area contributed by atoms with Crippen LogP contribution in [0.3, 0.4) is 0 Å². The SMILES string of the molecule is Cc1cc2n(n1)CCN(C(=O)C1CCC(Nc3ncc(Cl)cc3F)CC1)C2. The van der Waals surface area contributed by atoms with Crippen LogP contribution in [0.25, 0.3) is 0 Å². The van der Waals surface area contributed by atoms with E-state index in [2.05, 4.69) is 15.4 Å². The molecule has 0 atom stereocenters. The molecule has 0 unspecified atom stereocenters. The van der Waals surface area contributed by atoms with E-state index in [1.165, 1.54) is 12.3 Å². The summed E-state index contributed by atoms with van der Waals surface area (Å²) >= 11 is 5.74. The summed E-state index contributed by atoms with van der Waals surface area (Å²) in [7, 11) is 0. The number of hydrogen-bond donors (Lipinski definition) is 1. The molecule has 2 aromatic rings. The van der Waals surface area contributed by atoms with Gasteiger partial charge in [-0.25, -0.2) is 9.37 Å². The first-order chi connectivity index (χ1) is 13.0. The number of anilines is 1. The van der Waals surface area contributed by atoms with Gasteiger partial charge in [0, 0.05) is 24.7 Å². The van der Waals surface area contributed by atoms with E-state index in [9.17, 15) is 9.18 Å². The second-order valence-electron chi connectivity index (χ2n) is 7.44. The molecule has 0 radical (unpaired) electrons. The Bertz CT molecular complexity index is 847. The minimum atomic E-state index is -0.444. The second kappa shape index (κ2) is 7.46. The van der Waals surface area contributed by atoms with Crippen molar-refractivity contribution in [1.82, 2.24) is 19.7 Å². The topological polar surface area (TPSA) is 63.1 Å². The number of fused-ring (bicyclic) bond motifs is 1. The molecular formula is C19H23ClFN5O. The quantitative estimate of drug-likeness (QED) is 0.871. The summed E-state index contributed by atoms with van der Waals surface area (Å²) in [6, 6.07) is 3.44. The summed E-state index contributed by atoms with van der Waals surface area (Å²) in [6.07, 6.45) is 4.70.